The number of carboxylic acids is 1. The zero-order chi connectivity index (χ0) is 35.3. The van der Waals surface area contributed by atoms with Crippen molar-refractivity contribution in [3.63, 3.8) is 0 Å². The maximum atomic E-state index is 12.6. The van der Waals surface area contributed by atoms with Crippen molar-refractivity contribution in [1.29, 1.82) is 0 Å². The molecule has 11 N–H and O–H groups in total. The molecular formula is C19H30N7O17P3S. The van der Waals surface area contributed by atoms with Crippen molar-refractivity contribution in [1.82, 2.24) is 30.2 Å². The third-order valence-corrected chi connectivity index (χ3v) is 10.00. The number of rotatable bonds is 16. The van der Waals surface area contributed by atoms with Gasteiger partial charge in [-0.05, 0) is 13.3 Å². The second kappa shape index (κ2) is 15.7. The van der Waals surface area contributed by atoms with Crippen LogP contribution in [0.1, 0.15) is 24.9 Å². The highest BCUT2D eigenvalue weighted by Crippen LogP contribution is 2.66. The lowest BCUT2D eigenvalue weighted by atomic mass is 10.1. The van der Waals surface area contributed by atoms with E-state index < -0.39 is 78.6 Å². The van der Waals surface area contributed by atoms with Gasteiger partial charge in [0.15, 0.2) is 17.0 Å². The maximum Gasteiger partial charge on any atom is 0.490 e. The lowest BCUT2D eigenvalue weighted by Gasteiger charge is -2.22. The lowest BCUT2D eigenvalue weighted by molar-refractivity contribution is -0.137. The molecule has 0 radical (unpaired) electrons. The van der Waals surface area contributed by atoms with Gasteiger partial charge in [-0.25, -0.2) is 28.5 Å². The zero-order valence-corrected chi connectivity index (χ0v) is 27.3. The van der Waals surface area contributed by atoms with Crippen LogP contribution in [0.5, 0.6) is 0 Å². The highest BCUT2D eigenvalue weighted by Gasteiger charge is 2.49. The molecule has 3 rings (SSSR count). The Kier molecular flexibility index (Phi) is 12.9. The van der Waals surface area contributed by atoms with E-state index in [1.54, 1.807) is 6.92 Å². The van der Waals surface area contributed by atoms with E-state index in [9.17, 15) is 43.0 Å². The number of aliphatic carboxylic acids is 1. The zero-order valence-electron chi connectivity index (χ0n) is 23.8. The van der Waals surface area contributed by atoms with E-state index in [1.807, 2.05) is 0 Å². The molecule has 1 saturated heterocycles. The van der Waals surface area contributed by atoms with Gasteiger partial charge in [-0.1, -0.05) is 12.2 Å². The first kappa shape index (κ1) is 38.7. The molecule has 0 aliphatic carbocycles. The SMILES string of the molecule is Cc1nc(=S)c2ncn([C@@H]3O[C@H](COP(=O)(O)OP(=O)(O)OP(=O)(O)O)C(O)[C@@H]3OC(=O)NCCNC(=O)C(N)CCC(=O)O)c2[nH]1. The summed E-state index contributed by atoms with van der Waals surface area (Å²) in [5.74, 6) is -1.47. The number of carbonyl (C=O) groups is 3. The third kappa shape index (κ3) is 11.4. The van der Waals surface area contributed by atoms with Crippen LogP contribution in [-0.2, 0) is 45.9 Å². The monoisotopic (exact) mass is 753 g/mol. The van der Waals surface area contributed by atoms with Gasteiger partial charge in [-0.15, -0.1) is 0 Å². The van der Waals surface area contributed by atoms with Gasteiger partial charge in [0.1, 0.15) is 29.2 Å². The van der Waals surface area contributed by atoms with Crippen molar-refractivity contribution < 1.29 is 80.5 Å². The molecule has 0 saturated carbocycles. The highest BCUT2D eigenvalue weighted by atomic mass is 32.1. The van der Waals surface area contributed by atoms with Crippen molar-refractivity contribution in [3.05, 3.63) is 16.8 Å². The molecule has 1 fully saturated rings. The van der Waals surface area contributed by atoms with Gasteiger partial charge in [0, 0.05) is 19.5 Å². The Labute approximate surface area is 268 Å². The topological polar surface area (TPSA) is 367 Å². The van der Waals surface area contributed by atoms with Crippen LogP contribution in [0.4, 0.5) is 4.79 Å². The van der Waals surface area contributed by atoms with Crippen LogP contribution in [-0.4, -0.2) is 111 Å². The van der Waals surface area contributed by atoms with E-state index in [2.05, 4.69) is 38.7 Å². The molecule has 0 bridgehead atoms. The van der Waals surface area contributed by atoms with Gasteiger partial charge < -0.3 is 60.6 Å². The van der Waals surface area contributed by atoms with Gasteiger partial charge in [0.2, 0.25) is 5.91 Å². The van der Waals surface area contributed by atoms with Gasteiger partial charge in [0.25, 0.3) is 0 Å². The number of aliphatic hydroxyl groups is 1. The average Bonchev–Trinajstić information content (AvgIpc) is 3.47. The average molecular weight is 753 g/mol. The molecular weight excluding hydrogens is 723 g/mol. The Balaban J connectivity index is 1.72. The molecule has 264 valence electrons. The van der Waals surface area contributed by atoms with E-state index in [4.69, 9.17) is 42.3 Å². The first-order valence-corrected chi connectivity index (χ1v) is 17.9. The van der Waals surface area contributed by atoms with Crippen LogP contribution in [0, 0.1) is 11.6 Å². The number of phosphoric acid groups is 3. The number of aryl methyl sites for hydroxylation is 1. The summed E-state index contributed by atoms with van der Waals surface area (Å²) in [5.41, 5.74) is 5.99. The van der Waals surface area contributed by atoms with Crippen LogP contribution in [0.25, 0.3) is 11.2 Å². The number of phosphoric ester groups is 1. The number of carboxylic acid groups (broad SMARTS) is 1. The molecule has 24 nitrogen and oxygen atoms in total. The molecule has 0 aromatic carbocycles. The maximum absolute atomic E-state index is 12.6. The number of aromatic nitrogens is 4. The van der Waals surface area contributed by atoms with Gasteiger partial charge in [-0.3, -0.25) is 18.7 Å². The number of amides is 2. The lowest BCUT2D eigenvalue weighted by Crippen LogP contribution is -2.45. The molecule has 0 spiro atoms. The summed E-state index contributed by atoms with van der Waals surface area (Å²) in [6.07, 6.45) is -6.92. The minimum Gasteiger partial charge on any atom is -0.481 e. The molecule has 1 aliphatic heterocycles. The summed E-state index contributed by atoms with van der Waals surface area (Å²) >= 11 is 5.20. The minimum atomic E-state index is -5.84. The number of H-pyrrole nitrogens is 1. The van der Waals surface area contributed by atoms with Crippen LogP contribution in [0.3, 0.4) is 0 Å². The molecule has 2 aromatic heterocycles. The standard InChI is InChI=1S/C19H30N7O17P3S/c1-8-24-15-12(17(47)25-8)23-7-26(15)18-14(41-19(31)22-5-4-21-16(30)9(20)2-3-11(27)28)13(29)10(40-18)6-39-45(35,36)43-46(37,38)42-44(32,33)34/h7,9-10,13-14,18,29H,2-6,20H2,1H3,(H,21,30)(H,22,31)(H,27,28)(H,35,36)(H,37,38)(H,24,25,47)(H2,32,33,34)/t9?,10-,13?,14+,18-/m1/s1. The summed E-state index contributed by atoms with van der Waals surface area (Å²) in [6.45, 7) is 0.118. The molecule has 4 unspecified atom stereocenters. The Hall–Kier alpha value is -2.73. The summed E-state index contributed by atoms with van der Waals surface area (Å²) in [4.78, 5) is 82.9. The Morgan fingerprint density at radius 3 is 2.45 bits per heavy atom. The van der Waals surface area contributed by atoms with Crippen molar-refractivity contribution in [3.8, 4) is 0 Å². The second-order valence-electron chi connectivity index (χ2n) is 9.55. The number of alkyl carbamates (subject to hydrolysis) is 1. The van der Waals surface area contributed by atoms with Crippen molar-refractivity contribution in [2.75, 3.05) is 19.7 Å². The van der Waals surface area contributed by atoms with E-state index in [0.29, 0.717) is 5.82 Å². The number of hydrogen-bond donors (Lipinski definition) is 10. The molecule has 2 amide bonds. The Morgan fingerprint density at radius 1 is 1.15 bits per heavy atom. The smallest absolute Gasteiger partial charge is 0.481 e. The first-order valence-electron chi connectivity index (χ1n) is 12.9. The van der Waals surface area contributed by atoms with Crippen LogP contribution < -0.4 is 16.4 Å². The summed E-state index contributed by atoms with van der Waals surface area (Å²) < 4.78 is 59.0. The normalized spacial score (nSPS) is 23.0. The van der Waals surface area contributed by atoms with Gasteiger partial charge in [0.05, 0.1) is 19.0 Å². The van der Waals surface area contributed by atoms with Crippen LogP contribution in [0.2, 0.25) is 0 Å². The fraction of sp³-hybridized carbons (Fsp3) is 0.579. The van der Waals surface area contributed by atoms with E-state index in [-0.39, 0.29) is 41.7 Å². The molecule has 28 heteroatoms. The second-order valence-corrected chi connectivity index (χ2v) is 14.4. The minimum absolute atomic E-state index is 0.0812. The molecule has 2 aromatic rings. The molecule has 1 aliphatic rings. The van der Waals surface area contributed by atoms with Crippen LogP contribution in [0.15, 0.2) is 6.33 Å². The van der Waals surface area contributed by atoms with E-state index in [0.717, 1.165) is 0 Å². The predicted octanol–water partition coefficient (Wildman–Crippen LogP) is -1.20. The number of fused-ring (bicyclic) bond motifs is 1. The number of imidazole rings is 1. The summed E-state index contributed by atoms with van der Waals surface area (Å²) in [5, 5.41) is 24.4. The Morgan fingerprint density at radius 2 is 1.81 bits per heavy atom. The largest absolute Gasteiger partial charge is 0.490 e. The molecule has 3 heterocycles. The number of aliphatic hydroxyl groups excluding tert-OH is 1. The van der Waals surface area contributed by atoms with E-state index >= 15 is 0 Å². The number of aromatic amines is 1. The quantitative estimate of drug-likeness (QED) is 0.0546. The van der Waals surface area contributed by atoms with E-state index in [1.165, 1.54) is 10.9 Å². The first-order chi connectivity index (χ1) is 21.7. The predicted molar refractivity (Wildman–Crippen MR) is 153 cm³/mol. The van der Waals surface area contributed by atoms with Crippen LogP contribution >= 0.6 is 35.7 Å². The summed E-state index contributed by atoms with van der Waals surface area (Å²) in [6, 6.07) is -1.11. The number of carbonyl (C=O) groups excluding carboxylic acids is 2. The highest BCUT2D eigenvalue weighted by molar-refractivity contribution is 7.71. The van der Waals surface area contributed by atoms with Crippen molar-refractivity contribution in [2.24, 2.45) is 5.73 Å². The fourth-order valence-corrected chi connectivity index (χ4v) is 7.29. The number of ether oxygens (including phenoxy) is 2. The number of nitrogens with zero attached hydrogens (tertiary/aromatic N) is 3. The summed E-state index contributed by atoms with van der Waals surface area (Å²) in [7, 11) is -17.1. The molecule has 47 heavy (non-hydrogen) atoms. The Bertz CT molecular complexity index is 1680. The fourth-order valence-electron chi connectivity index (χ4n) is 3.97. The number of nitrogens with two attached hydrogens (primary N) is 1. The number of nitrogens with one attached hydrogen (secondary N) is 3. The molecule has 7 atom stereocenters. The van der Waals surface area contributed by atoms with Gasteiger partial charge >= 0.3 is 35.5 Å². The third-order valence-electron chi connectivity index (χ3n) is 5.91. The van der Waals surface area contributed by atoms with Gasteiger partial charge in [-0.2, -0.15) is 8.62 Å². The van der Waals surface area contributed by atoms with Crippen molar-refractivity contribution in [2.45, 2.75) is 50.3 Å². The number of hydrogen-bond acceptors (Lipinski definition) is 16. The van der Waals surface area contributed by atoms with Crippen molar-refractivity contribution >= 4 is 64.8 Å².